The van der Waals surface area contributed by atoms with Crippen LogP contribution in [0.15, 0.2) is 24.3 Å². The first-order chi connectivity index (χ1) is 9.60. The Kier molecular flexibility index (Phi) is 5.49. The van der Waals surface area contributed by atoms with Crippen LogP contribution in [0.25, 0.3) is 0 Å². The lowest BCUT2D eigenvalue weighted by Crippen LogP contribution is -2.45. The zero-order chi connectivity index (χ0) is 16.2. The number of carboxylic acids is 1. The highest BCUT2D eigenvalue weighted by atomic mass is 16.6. The maximum atomic E-state index is 12.0. The molecule has 3 N–H and O–H groups in total. The Hall–Kier alpha value is -1.88. The van der Waals surface area contributed by atoms with E-state index in [0.29, 0.717) is 6.42 Å². The minimum absolute atomic E-state index is 0.303. The third-order valence-corrected chi connectivity index (χ3v) is 2.91. The Balaban J connectivity index is 2.85. The van der Waals surface area contributed by atoms with Crippen molar-refractivity contribution < 1.29 is 19.4 Å². The molecule has 0 aromatic heterocycles. The van der Waals surface area contributed by atoms with E-state index in [9.17, 15) is 14.7 Å². The van der Waals surface area contributed by atoms with Crippen molar-refractivity contribution in [1.29, 1.82) is 0 Å². The summed E-state index contributed by atoms with van der Waals surface area (Å²) in [6.45, 7) is 7.01. The lowest BCUT2D eigenvalue weighted by Gasteiger charge is -2.25. The lowest BCUT2D eigenvalue weighted by atomic mass is 9.93. The zero-order valence-corrected chi connectivity index (χ0v) is 12.9. The van der Waals surface area contributed by atoms with E-state index in [2.05, 4.69) is 0 Å². The summed E-state index contributed by atoms with van der Waals surface area (Å²) < 4.78 is 5.14. The quantitative estimate of drug-likeness (QED) is 0.639. The molecule has 5 nitrogen and oxygen atoms in total. The molecule has 0 spiro atoms. The van der Waals surface area contributed by atoms with Crippen molar-refractivity contribution in [2.75, 3.05) is 0 Å². The molecule has 0 fully saturated rings. The van der Waals surface area contributed by atoms with Gasteiger partial charge in [0.05, 0.1) is 0 Å². The second-order valence-electron chi connectivity index (χ2n) is 6.21. The molecule has 0 aliphatic rings. The monoisotopic (exact) mass is 293 g/mol. The molecular weight excluding hydrogens is 270 g/mol. The summed E-state index contributed by atoms with van der Waals surface area (Å²) in [5, 5.41) is 9.26. The van der Waals surface area contributed by atoms with E-state index in [0.717, 1.165) is 11.1 Å². The Labute approximate surface area is 125 Å². The Bertz CT molecular complexity index is 519. The first kappa shape index (κ1) is 17.2. The van der Waals surface area contributed by atoms with Crippen LogP contribution < -0.4 is 5.73 Å². The average Bonchev–Trinajstić information content (AvgIpc) is 2.25. The summed E-state index contributed by atoms with van der Waals surface area (Å²) in [6.07, 6.45) is 0.303. The second kappa shape index (κ2) is 6.72. The number of hydrogen-bond donors (Lipinski definition) is 2. The van der Waals surface area contributed by atoms with Crippen LogP contribution in [-0.2, 0) is 20.7 Å². The molecule has 0 aliphatic heterocycles. The number of carbonyl (C=O) groups excluding carboxylic acids is 1. The Morgan fingerprint density at radius 1 is 1.33 bits per heavy atom. The lowest BCUT2D eigenvalue weighted by molar-refractivity contribution is -0.167. The van der Waals surface area contributed by atoms with Crippen molar-refractivity contribution in [2.24, 2.45) is 11.7 Å². The van der Waals surface area contributed by atoms with Gasteiger partial charge < -0.3 is 15.6 Å². The predicted octanol–water partition coefficient (Wildman–Crippen LogP) is 1.91. The molecule has 0 aliphatic carbocycles. The van der Waals surface area contributed by atoms with Crippen molar-refractivity contribution >= 4 is 11.9 Å². The van der Waals surface area contributed by atoms with Crippen molar-refractivity contribution in [1.82, 2.24) is 0 Å². The second-order valence-corrected chi connectivity index (χ2v) is 6.21. The number of ether oxygens (including phenoxy) is 1. The van der Waals surface area contributed by atoms with Crippen molar-refractivity contribution in [3.63, 3.8) is 0 Å². The van der Waals surface area contributed by atoms with E-state index in [-0.39, 0.29) is 0 Å². The van der Waals surface area contributed by atoms with Crippen molar-refractivity contribution in [2.45, 2.75) is 45.8 Å². The van der Waals surface area contributed by atoms with Gasteiger partial charge in [0, 0.05) is 6.04 Å². The fraction of sp³-hybridized carbons (Fsp3) is 0.500. The highest BCUT2D eigenvalue weighted by molar-refractivity contribution is 5.95. The molecule has 1 aromatic rings. The Morgan fingerprint density at radius 2 is 1.95 bits per heavy atom. The van der Waals surface area contributed by atoms with Gasteiger partial charge in [-0.2, -0.15) is 0 Å². The maximum Gasteiger partial charge on any atom is 0.322 e. The summed E-state index contributed by atoms with van der Waals surface area (Å²) in [5.74, 6) is -3.43. The molecule has 2 atom stereocenters. The minimum atomic E-state index is -1.37. The van der Waals surface area contributed by atoms with E-state index in [1.54, 1.807) is 20.8 Å². The van der Waals surface area contributed by atoms with Gasteiger partial charge in [-0.1, -0.05) is 29.8 Å². The van der Waals surface area contributed by atoms with E-state index in [1.807, 2.05) is 31.2 Å². The van der Waals surface area contributed by atoms with Gasteiger partial charge >= 0.3 is 11.9 Å². The minimum Gasteiger partial charge on any atom is -0.481 e. The molecule has 1 aromatic carbocycles. The van der Waals surface area contributed by atoms with Gasteiger partial charge in [0.25, 0.3) is 0 Å². The van der Waals surface area contributed by atoms with Gasteiger partial charge in [-0.15, -0.1) is 0 Å². The van der Waals surface area contributed by atoms with Crippen LogP contribution >= 0.6 is 0 Å². The summed E-state index contributed by atoms with van der Waals surface area (Å²) in [4.78, 5) is 23.4. The summed E-state index contributed by atoms with van der Waals surface area (Å²) in [5.41, 5.74) is 7.16. The maximum absolute atomic E-state index is 12.0. The van der Waals surface area contributed by atoms with Crippen LogP contribution in [0, 0.1) is 12.8 Å². The largest absolute Gasteiger partial charge is 0.481 e. The fourth-order valence-electron chi connectivity index (χ4n) is 2.05. The summed E-state index contributed by atoms with van der Waals surface area (Å²) in [6, 6.07) is 6.77. The fourth-order valence-corrected chi connectivity index (χ4v) is 2.05. The molecule has 21 heavy (non-hydrogen) atoms. The Morgan fingerprint density at radius 3 is 2.43 bits per heavy atom. The normalized spacial score (nSPS) is 14.3. The van der Waals surface area contributed by atoms with Gasteiger partial charge in [-0.05, 0) is 39.7 Å². The molecule has 0 heterocycles. The predicted molar refractivity (Wildman–Crippen MR) is 79.8 cm³/mol. The van der Waals surface area contributed by atoms with Crippen LogP contribution in [0.3, 0.4) is 0 Å². The standard InChI is InChI=1S/C16H23NO4/c1-10-6-5-7-11(8-10)9-12(17)13(14(18)19)15(20)21-16(2,3)4/h5-8,12-13H,9,17H2,1-4H3,(H,18,19)/t12-,13+/m1/s1. The van der Waals surface area contributed by atoms with Crippen LogP contribution in [0.1, 0.15) is 31.9 Å². The van der Waals surface area contributed by atoms with E-state index >= 15 is 0 Å². The molecule has 0 radical (unpaired) electrons. The highest BCUT2D eigenvalue weighted by Crippen LogP contribution is 2.17. The molecule has 1 rings (SSSR count). The van der Waals surface area contributed by atoms with Crippen molar-refractivity contribution in [3.8, 4) is 0 Å². The molecule has 5 heteroatoms. The van der Waals surface area contributed by atoms with E-state index < -0.39 is 29.5 Å². The number of nitrogens with two attached hydrogens (primary N) is 1. The molecule has 116 valence electrons. The molecular formula is C16H23NO4. The van der Waals surface area contributed by atoms with E-state index in [4.69, 9.17) is 10.5 Å². The zero-order valence-electron chi connectivity index (χ0n) is 12.9. The van der Waals surface area contributed by atoms with Crippen LogP contribution in [0.4, 0.5) is 0 Å². The van der Waals surface area contributed by atoms with E-state index in [1.165, 1.54) is 0 Å². The molecule has 0 amide bonds. The number of esters is 1. The van der Waals surface area contributed by atoms with Crippen molar-refractivity contribution in [3.05, 3.63) is 35.4 Å². The smallest absolute Gasteiger partial charge is 0.322 e. The number of rotatable bonds is 5. The SMILES string of the molecule is Cc1cccc(C[C@@H](N)[C@@H](C(=O)O)C(=O)OC(C)(C)C)c1. The number of hydrogen-bond acceptors (Lipinski definition) is 4. The number of carboxylic acid groups (broad SMARTS) is 1. The summed E-state index contributed by atoms with van der Waals surface area (Å²) >= 11 is 0. The number of aliphatic carboxylic acids is 1. The van der Waals surface area contributed by atoms with Gasteiger partial charge in [0.15, 0.2) is 5.92 Å². The first-order valence-corrected chi connectivity index (χ1v) is 6.87. The van der Waals surface area contributed by atoms with Gasteiger partial charge in [-0.3, -0.25) is 9.59 Å². The average molecular weight is 293 g/mol. The van der Waals surface area contributed by atoms with Crippen LogP contribution in [-0.4, -0.2) is 28.7 Å². The van der Waals surface area contributed by atoms with Crippen LogP contribution in [0.2, 0.25) is 0 Å². The molecule has 0 bridgehead atoms. The molecule has 0 saturated carbocycles. The van der Waals surface area contributed by atoms with Gasteiger partial charge in [-0.25, -0.2) is 0 Å². The highest BCUT2D eigenvalue weighted by Gasteiger charge is 2.36. The molecule has 0 saturated heterocycles. The van der Waals surface area contributed by atoms with Gasteiger partial charge in [0.1, 0.15) is 5.60 Å². The number of aryl methyl sites for hydroxylation is 1. The topological polar surface area (TPSA) is 89.6 Å². The first-order valence-electron chi connectivity index (χ1n) is 6.87. The van der Waals surface area contributed by atoms with Crippen LogP contribution in [0.5, 0.6) is 0 Å². The van der Waals surface area contributed by atoms with Gasteiger partial charge in [0.2, 0.25) is 0 Å². The summed E-state index contributed by atoms with van der Waals surface area (Å²) in [7, 11) is 0. The third-order valence-electron chi connectivity index (χ3n) is 2.91. The number of benzene rings is 1. The third kappa shape index (κ3) is 5.55. The number of carbonyl (C=O) groups is 2. The molecule has 0 unspecified atom stereocenters.